The second-order valence-corrected chi connectivity index (χ2v) is 7.75. The Morgan fingerprint density at radius 1 is 1.23 bits per heavy atom. The molecule has 0 amide bonds. The van der Waals surface area contributed by atoms with Crippen molar-refractivity contribution in [3.63, 3.8) is 0 Å². The summed E-state index contributed by atoms with van der Waals surface area (Å²) in [5.74, 6) is 1.26. The van der Waals surface area contributed by atoms with Crippen LogP contribution in [0.2, 0.25) is 5.02 Å². The van der Waals surface area contributed by atoms with Crippen LogP contribution in [0.3, 0.4) is 0 Å². The molecule has 0 saturated heterocycles. The first-order valence-corrected chi connectivity index (χ1v) is 9.91. The molecule has 30 heavy (non-hydrogen) atoms. The fraction of sp³-hybridized carbons (Fsp3) is 0.333. The number of pyridine rings is 1. The minimum absolute atomic E-state index is 0.326. The second-order valence-electron chi connectivity index (χ2n) is 7.34. The Bertz CT molecular complexity index is 1010. The Labute approximate surface area is 179 Å². The zero-order chi connectivity index (χ0) is 21.6. The normalized spacial score (nSPS) is 12.1. The van der Waals surface area contributed by atoms with E-state index in [9.17, 15) is 4.39 Å². The fourth-order valence-electron chi connectivity index (χ4n) is 2.90. The molecular weight excluding hydrogens is 407 g/mol. The molecule has 2 heterocycles. The average Bonchev–Trinajstić information content (AvgIpc) is 3.20. The van der Waals surface area contributed by atoms with Gasteiger partial charge in [0.15, 0.2) is 11.8 Å². The van der Waals surface area contributed by atoms with Gasteiger partial charge in [0.25, 0.3) is 5.89 Å². The van der Waals surface area contributed by atoms with Gasteiger partial charge in [0.1, 0.15) is 11.5 Å². The van der Waals surface area contributed by atoms with E-state index in [0.29, 0.717) is 47.9 Å². The summed E-state index contributed by atoms with van der Waals surface area (Å²) in [5, 5.41) is 10.9. The largest absolute Gasteiger partial charge is 0.356 e. The molecule has 9 heteroatoms. The summed E-state index contributed by atoms with van der Waals surface area (Å²) in [6, 6.07) is 9.97. The quantitative estimate of drug-likeness (QED) is 0.439. The minimum atomic E-state index is -0.349. The summed E-state index contributed by atoms with van der Waals surface area (Å²) in [6.07, 6.45) is 2.24. The van der Waals surface area contributed by atoms with Gasteiger partial charge in [-0.15, -0.1) is 0 Å². The molecule has 0 radical (unpaired) electrons. The number of benzene rings is 1. The van der Waals surface area contributed by atoms with E-state index in [4.69, 9.17) is 16.1 Å². The van der Waals surface area contributed by atoms with E-state index in [1.165, 1.54) is 12.1 Å². The number of aromatic nitrogens is 3. The van der Waals surface area contributed by atoms with Crippen molar-refractivity contribution >= 4 is 17.6 Å². The molecule has 2 N–H and O–H groups in total. The van der Waals surface area contributed by atoms with E-state index in [0.717, 1.165) is 5.56 Å². The van der Waals surface area contributed by atoms with Gasteiger partial charge in [-0.2, -0.15) is 4.98 Å². The lowest BCUT2D eigenvalue weighted by molar-refractivity contribution is 0.421. The Morgan fingerprint density at radius 3 is 2.77 bits per heavy atom. The van der Waals surface area contributed by atoms with Crippen molar-refractivity contribution in [3.8, 4) is 11.6 Å². The van der Waals surface area contributed by atoms with Crippen molar-refractivity contribution in [2.75, 3.05) is 20.1 Å². The van der Waals surface area contributed by atoms with Crippen molar-refractivity contribution in [2.45, 2.75) is 25.7 Å². The lowest BCUT2D eigenvalue weighted by Crippen LogP contribution is -2.44. The first kappa shape index (κ1) is 21.7. The fourth-order valence-corrected chi connectivity index (χ4v) is 3.32. The summed E-state index contributed by atoms with van der Waals surface area (Å²) in [6.45, 7) is 5.19. The molecule has 0 saturated carbocycles. The molecule has 7 nitrogen and oxygen atoms in total. The molecule has 2 aromatic heterocycles. The summed E-state index contributed by atoms with van der Waals surface area (Å²) in [4.78, 5) is 12.8. The maximum Gasteiger partial charge on any atom is 0.276 e. The summed E-state index contributed by atoms with van der Waals surface area (Å²) in [7, 11) is 1.70. The maximum absolute atomic E-state index is 13.3. The molecule has 0 fully saturated rings. The van der Waals surface area contributed by atoms with Crippen LogP contribution in [0.25, 0.3) is 11.6 Å². The van der Waals surface area contributed by atoms with Gasteiger partial charge >= 0.3 is 0 Å². The van der Waals surface area contributed by atoms with Crippen LogP contribution >= 0.6 is 11.6 Å². The molecule has 3 rings (SSSR count). The molecule has 0 aliphatic heterocycles. The Balaban J connectivity index is 1.51. The molecule has 3 aromatic rings. The van der Waals surface area contributed by atoms with Crippen LogP contribution in [-0.2, 0) is 11.8 Å². The summed E-state index contributed by atoms with van der Waals surface area (Å²) < 4.78 is 18.6. The van der Waals surface area contributed by atoms with E-state index < -0.39 is 0 Å². The van der Waals surface area contributed by atoms with Gasteiger partial charge in [0.05, 0.1) is 0 Å². The molecule has 0 spiro atoms. The van der Waals surface area contributed by atoms with Crippen LogP contribution in [0.1, 0.15) is 25.2 Å². The van der Waals surface area contributed by atoms with E-state index in [-0.39, 0.29) is 11.2 Å². The number of halogens is 2. The predicted molar refractivity (Wildman–Crippen MR) is 115 cm³/mol. The monoisotopic (exact) mass is 430 g/mol. The lowest BCUT2D eigenvalue weighted by Gasteiger charge is -2.27. The smallest absolute Gasteiger partial charge is 0.276 e. The molecule has 0 aliphatic carbocycles. The number of nitrogens with zero attached hydrogens (tertiary/aromatic N) is 4. The molecule has 0 unspecified atom stereocenters. The van der Waals surface area contributed by atoms with Crippen molar-refractivity contribution < 1.29 is 8.91 Å². The van der Waals surface area contributed by atoms with Crippen LogP contribution in [0, 0.1) is 5.82 Å². The van der Waals surface area contributed by atoms with Gasteiger partial charge in [-0.1, -0.05) is 42.7 Å². The predicted octanol–water partition coefficient (Wildman–Crippen LogP) is 3.61. The third-order valence-corrected chi connectivity index (χ3v) is 4.89. The van der Waals surface area contributed by atoms with E-state index in [1.807, 2.05) is 32.0 Å². The number of nitrogens with one attached hydrogen (secondary N) is 2. The van der Waals surface area contributed by atoms with Crippen LogP contribution < -0.4 is 10.6 Å². The highest BCUT2D eigenvalue weighted by Crippen LogP contribution is 2.29. The minimum Gasteiger partial charge on any atom is -0.356 e. The van der Waals surface area contributed by atoms with Crippen LogP contribution in [0.5, 0.6) is 0 Å². The highest BCUT2D eigenvalue weighted by atomic mass is 35.5. The zero-order valence-corrected chi connectivity index (χ0v) is 17.9. The van der Waals surface area contributed by atoms with Crippen LogP contribution in [0.4, 0.5) is 4.39 Å². The molecule has 1 aromatic carbocycles. The van der Waals surface area contributed by atoms with Crippen LogP contribution in [-0.4, -0.2) is 41.2 Å². The lowest BCUT2D eigenvalue weighted by atomic mass is 9.84. The third-order valence-electron chi connectivity index (χ3n) is 4.57. The van der Waals surface area contributed by atoms with E-state index >= 15 is 0 Å². The van der Waals surface area contributed by atoms with Gasteiger partial charge in [0, 0.05) is 43.2 Å². The third kappa shape index (κ3) is 5.54. The highest BCUT2D eigenvalue weighted by molar-refractivity contribution is 6.31. The number of rotatable bonds is 7. The van der Waals surface area contributed by atoms with Gasteiger partial charge < -0.3 is 15.2 Å². The number of guanidine groups is 1. The van der Waals surface area contributed by atoms with Gasteiger partial charge in [-0.25, -0.2) is 4.39 Å². The zero-order valence-electron chi connectivity index (χ0n) is 17.1. The summed E-state index contributed by atoms with van der Waals surface area (Å²) >= 11 is 6.22. The Hall–Kier alpha value is -3.00. The van der Waals surface area contributed by atoms with Gasteiger partial charge in [-0.05, 0) is 29.8 Å². The molecule has 0 bridgehead atoms. The van der Waals surface area contributed by atoms with Crippen molar-refractivity contribution in [1.82, 2.24) is 25.8 Å². The number of hydrogen-bond acceptors (Lipinski definition) is 5. The van der Waals surface area contributed by atoms with E-state index in [1.54, 1.807) is 19.3 Å². The topological polar surface area (TPSA) is 88.2 Å². The SMILES string of the molecule is CN=C(NCCc1noc(-c2ccccn2)n1)NCC(C)(C)c1ccc(F)cc1Cl. The Kier molecular flexibility index (Phi) is 6.99. The molecule has 0 atom stereocenters. The number of aliphatic imine (C=N–C) groups is 1. The van der Waals surface area contributed by atoms with Gasteiger partial charge in [-0.3, -0.25) is 9.98 Å². The van der Waals surface area contributed by atoms with Crippen LogP contribution in [0.15, 0.2) is 52.1 Å². The average molecular weight is 431 g/mol. The molecule has 0 aliphatic rings. The standard InChI is InChI=1S/C21H24ClFN6O/c1-21(2,15-8-7-14(23)12-16(15)22)13-27-20(24-3)26-11-9-18-28-19(30-29-18)17-6-4-5-10-25-17/h4-8,10,12H,9,11,13H2,1-3H3,(H2,24,26,27). The van der Waals surface area contributed by atoms with Gasteiger partial charge in [0.2, 0.25) is 0 Å². The van der Waals surface area contributed by atoms with E-state index in [2.05, 4.69) is 30.8 Å². The van der Waals surface area contributed by atoms with Crippen molar-refractivity contribution in [1.29, 1.82) is 0 Å². The number of hydrogen-bond donors (Lipinski definition) is 2. The van der Waals surface area contributed by atoms with Crippen molar-refractivity contribution in [2.24, 2.45) is 4.99 Å². The second kappa shape index (κ2) is 9.67. The first-order valence-electron chi connectivity index (χ1n) is 9.53. The summed E-state index contributed by atoms with van der Waals surface area (Å²) in [5.41, 5.74) is 1.18. The van der Waals surface area contributed by atoms with Crippen molar-refractivity contribution in [3.05, 3.63) is 64.8 Å². The maximum atomic E-state index is 13.3. The highest BCUT2D eigenvalue weighted by Gasteiger charge is 2.24. The molecular formula is C21H24ClFN6O. The molecule has 158 valence electrons. The first-order chi connectivity index (χ1) is 14.4. The Morgan fingerprint density at radius 2 is 2.07 bits per heavy atom.